The van der Waals surface area contributed by atoms with E-state index in [9.17, 15) is 0 Å². The highest BCUT2D eigenvalue weighted by Crippen LogP contribution is 2.46. The molecule has 1 aliphatic heterocycles. The molecule has 2 aliphatic rings. The first-order valence-corrected chi connectivity index (χ1v) is 4.32. The molecule has 0 N–H and O–H groups in total. The molecule has 2 fully saturated rings. The van der Waals surface area contributed by atoms with Crippen molar-refractivity contribution in [3.05, 3.63) is 0 Å². The van der Waals surface area contributed by atoms with E-state index in [0.29, 0.717) is 5.54 Å². The van der Waals surface area contributed by atoms with Gasteiger partial charge in [0.05, 0.1) is 0 Å². The first-order chi connectivity index (χ1) is 4.57. The Labute approximate surface area is 63.4 Å². The van der Waals surface area contributed by atoms with Crippen LogP contribution in [0.15, 0.2) is 0 Å². The summed E-state index contributed by atoms with van der Waals surface area (Å²) >= 11 is 0. The van der Waals surface area contributed by atoms with E-state index < -0.39 is 0 Å². The van der Waals surface area contributed by atoms with Gasteiger partial charge >= 0.3 is 0 Å². The predicted molar refractivity (Wildman–Crippen MR) is 42.9 cm³/mol. The van der Waals surface area contributed by atoms with Gasteiger partial charge in [0, 0.05) is 18.6 Å². The summed E-state index contributed by atoms with van der Waals surface area (Å²) in [4.78, 5) is 2.62. The molecule has 2 atom stereocenters. The van der Waals surface area contributed by atoms with Crippen molar-refractivity contribution in [2.45, 2.75) is 32.7 Å². The Hall–Kier alpha value is -0.0400. The fourth-order valence-electron chi connectivity index (χ4n) is 1.95. The SMILES string of the molecule is CC(C)(C)N1CC2C[C@H]2C1. The fourth-order valence-corrected chi connectivity index (χ4v) is 1.95. The summed E-state index contributed by atoms with van der Waals surface area (Å²) in [5, 5.41) is 0. The minimum Gasteiger partial charge on any atom is -0.298 e. The highest BCUT2D eigenvalue weighted by molar-refractivity contribution is 4.99. The van der Waals surface area contributed by atoms with Crippen molar-refractivity contribution >= 4 is 0 Å². The van der Waals surface area contributed by atoms with Crippen LogP contribution in [-0.4, -0.2) is 23.5 Å². The highest BCUT2D eigenvalue weighted by atomic mass is 15.2. The zero-order valence-corrected chi connectivity index (χ0v) is 7.22. The molecule has 0 spiro atoms. The van der Waals surface area contributed by atoms with Crippen molar-refractivity contribution in [2.75, 3.05) is 13.1 Å². The first-order valence-electron chi connectivity index (χ1n) is 4.32. The fraction of sp³-hybridized carbons (Fsp3) is 1.00. The molecule has 0 amide bonds. The Morgan fingerprint density at radius 2 is 1.60 bits per heavy atom. The number of nitrogens with zero attached hydrogens (tertiary/aromatic N) is 1. The average molecular weight is 139 g/mol. The van der Waals surface area contributed by atoms with Crippen LogP contribution in [0.4, 0.5) is 0 Å². The molecule has 58 valence electrons. The molecule has 2 rings (SSSR count). The zero-order valence-electron chi connectivity index (χ0n) is 7.22. The molecular weight excluding hydrogens is 122 g/mol. The lowest BCUT2D eigenvalue weighted by atomic mass is 10.1. The third-order valence-corrected chi connectivity index (χ3v) is 2.93. The molecule has 0 radical (unpaired) electrons. The second-order valence-electron chi connectivity index (χ2n) is 4.83. The van der Waals surface area contributed by atoms with E-state index in [0.717, 1.165) is 11.8 Å². The zero-order chi connectivity index (χ0) is 7.35. The summed E-state index contributed by atoms with van der Waals surface area (Å²) in [7, 11) is 0. The van der Waals surface area contributed by atoms with Crippen LogP contribution in [-0.2, 0) is 0 Å². The van der Waals surface area contributed by atoms with Crippen LogP contribution in [0.25, 0.3) is 0 Å². The molecule has 1 aliphatic carbocycles. The lowest BCUT2D eigenvalue weighted by molar-refractivity contribution is 0.156. The monoisotopic (exact) mass is 139 g/mol. The summed E-state index contributed by atoms with van der Waals surface area (Å²) in [6, 6.07) is 0. The van der Waals surface area contributed by atoms with Gasteiger partial charge in [-0.1, -0.05) is 0 Å². The molecule has 1 unspecified atom stereocenters. The van der Waals surface area contributed by atoms with Crippen LogP contribution in [0.5, 0.6) is 0 Å². The first kappa shape index (κ1) is 6.66. The van der Waals surface area contributed by atoms with Gasteiger partial charge in [-0.05, 0) is 39.0 Å². The Bertz CT molecular complexity index is 135. The van der Waals surface area contributed by atoms with Gasteiger partial charge in [-0.2, -0.15) is 0 Å². The average Bonchev–Trinajstić information content (AvgIpc) is 2.38. The Kier molecular flexibility index (Phi) is 1.17. The third-order valence-electron chi connectivity index (χ3n) is 2.93. The Morgan fingerprint density at radius 3 is 1.90 bits per heavy atom. The van der Waals surface area contributed by atoms with Gasteiger partial charge in [-0.3, -0.25) is 4.90 Å². The van der Waals surface area contributed by atoms with Gasteiger partial charge < -0.3 is 0 Å². The molecule has 1 saturated heterocycles. The van der Waals surface area contributed by atoms with Gasteiger partial charge in [0.25, 0.3) is 0 Å². The number of hydrogen-bond acceptors (Lipinski definition) is 1. The van der Waals surface area contributed by atoms with Crippen LogP contribution in [0.3, 0.4) is 0 Å². The summed E-state index contributed by atoms with van der Waals surface area (Å²) in [6.07, 6.45) is 1.52. The van der Waals surface area contributed by atoms with E-state index in [1.165, 1.54) is 19.5 Å². The minimum atomic E-state index is 0.424. The molecular formula is C9H17N. The third kappa shape index (κ3) is 0.968. The maximum absolute atomic E-state index is 2.62. The molecule has 0 bridgehead atoms. The highest BCUT2D eigenvalue weighted by Gasteiger charge is 2.47. The van der Waals surface area contributed by atoms with Gasteiger partial charge in [0.15, 0.2) is 0 Å². The molecule has 0 aromatic rings. The van der Waals surface area contributed by atoms with Crippen LogP contribution in [0.1, 0.15) is 27.2 Å². The number of rotatable bonds is 0. The molecule has 10 heavy (non-hydrogen) atoms. The second-order valence-corrected chi connectivity index (χ2v) is 4.83. The van der Waals surface area contributed by atoms with E-state index in [-0.39, 0.29) is 0 Å². The number of likely N-dealkylation sites (tertiary alicyclic amines) is 1. The van der Waals surface area contributed by atoms with Crippen molar-refractivity contribution in [1.29, 1.82) is 0 Å². The van der Waals surface area contributed by atoms with Crippen molar-refractivity contribution < 1.29 is 0 Å². The van der Waals surface area contributed by atoms with Crippen LogP contribution >= 0.6 is 0 Å². The number of fused-ring (bicyclic) bond motifs is 1. The molecule has 0 aromatic carbocycles. The van der Waals surface area contributed by atoms with E-state index in [4.69, 9.17) is 0 Å². The van der Waals surface area contributed by atoms with Crippen molar-refractivity contribution in [3.63, 3.8) is 0 Å². The quantitative estimate of drug-likeness (QED) is 0.494. The normalized spacial score (nSPS) is 39.9. The summed E-state index contributed by atoms with van der Waals surface area (Å²) in [5.41, 5.74) is 0.424. The van der Waals surface area contributed by atoms with Gasteiger partial charge in [0.2, 0.25) is 0 Å². The van der Waals surface area contributed by atoms with Gasteiger partial charge in [0.1, 0.15) is 0 Å². The van der Waals surface area contributed by atoms with E-state index >= 15 is 0 Å². The van der Waals surface area contributed by atoms with Crippen molar-refractivity contribution in [2.24, 2.45) is 11.8 Å². The maximum Gasteiger partial charge on any atom is 0.0125 e. The summed E-state index contributed by atoms with van der Waals surface area (Å²) in [5.74, 6) is 2.17. The lowest BCUT2D eigenvalue weighted by Crippen LogP contribution is -2.40. The van der Waals surface area contributed by atoms with E-state index in [1.807, 2.05) is 0 Å². The summed E-state index contributed by atoms with van der Waals surface area (Å²) < 4.78 is 0. The van der Waals surface area contributed by atoms with Gasteiger partial charge in [-0.25, -0.2) is 0 Å². The van der Waals surface area contributed by atoms with E-state index in [1.54, 1.807) is 0 Å². The van der Waals surface area contributed by atoms with Crippen molar-refractivity contribution in [1.82, 2.24) is 4.90 Å². The van der Waals surface area contributed by atoms with Crippen molar-refractivity contribution in [3.8, 4) is 0 Å². The maximum atomic E-state index is 2.62. The molecule has 1 nitrogen and oxygen atoms in total. The smallest absolute Gasteiger partial charge is 0.0125 e. The molecule has 0 aromatic heterocycles. The molecule has 1 heteroatoms. The predicted octanol–water partition coefficient (Wildman–Crippen LogP) is 1.74. The molecule has 1 saturated carbocycles. The standard InChI is InChI=1S/C9H17N/c1-9(2,3)10-5-7-4-8(7)6-10/h7-8H,4-6H2,1-3H3/t7-,8?/m0/s1. The van der Waals surface area contributed by atoms with Crippen LogP contribution < -0.4 is 0 Å². The topological polar surface area (TPSA) is 3.24 Å². The minimum absolute atomic E-state index is 0.424. The van der Waals surface area contributed by atoms with Gasteiger partial charge in [-0.15, -0.1) is 0 Å². The van der Waals surface area contributed by atoms with Crippen LogP contribution in [0, 0.1) is 11.8 Å². The largest absolute Gasteiger partial charge is 0.298 e. The number of piperidine rings is 1. The lowest BCUT2D eigenvalue weighted by Gasteiger charge is -2.32. The number of hydrogen-bond donors (Lipinski definition) is 0. The Balaban J connectivity index is 1.97. The van der Waals surface area contributed by atoms with Crippen LogP contribution in [0.2, 0.25) is 0 Å². The second kappa shape index (κ2) is 1.76. The van der Waals surface area contributed by atoms with E-state index in [2.05, 4.69) is 25.7 Å². The summed E-state index contributed by atoms with van der Waals surface area (Å²) in [6.45, 7) is 9.69. The Morgan fingerprint density at radius 1 is 1.10 bits per heavy atom. The molecule has 1 heterocycles.